The summed E-state index contributed by atoms with van der Waals surface area (Å²) < 4.78 is 8.76. The number of aromatic nitrogens is 1. The first kappa shape index (κ1) is 16.1. The summed E-state index contributed by atoms with van der Waals surface area (Å²) >= 11 is 0. The molecule has 2 heterocycles. The van der Waals surface area contributed by atoms with Gasteiger partial charge in [-0.15, -0.1) is 0 Å². The molecule has 1 aromatic heterocycles. The van der Waals surface area contributed by atoms with Crippen LogP contribution in [0.2, 0.25) is 0 Å². The van der Waals surface area contributed by atoms with Gasteiger partial charge in [0, 0.05) is 17.5 Å². The van der Waals surface area contributed by atoms with Gasteiger partial charge in [-0.1, -0.05) is 43.2 Å². The highest BCUT2D eigenvalue weighted by molar-refractivity contribution is 6.04. The molecule has 2 heteroatoms. The predicted octanol–water partition coefficient (Wildman–Crippen LogP) is 6.56. The van der Waals surface area contributed by atoms with Crippen molar-refractivity contribution >= 4 is 21.7 Å². The van der Waals surface area contributed by atoms with Crippen LogP contribution in [0.25, 0.3) is 32.9 Å². The van der Waals surface area contributed by atoms with Crippen molar-refractivity contribution in [2.24, 2.45) is 7.05 Å². The van der Waals surface area contributed by atoms with Crippen LogP contribution in [0.3, 0.4) is 0 Å². The molecular weight excluding hydrogens is 342 g/mol. The zero-order valence-corrected chi connectivity index (χ0v) is 16.5. The van der Waals surface area contributed by atoms with Crippen molar-refractivity contribution in [1.82, 2.24) is 0 Å². The Labute approximate surface area is 165 Å². The van der Waals surface area contributed by atoms with E-state index in [1.165, 1.54) is 69.7 Å². The number of fused-ring (bicyclic) bond motifs is 3. The molecule has 0 N–H and O–H groups in total. The van der Waals surface area contributed by atoms with Gasteiger partial charge in [0.2, 0.25) is 5.52 Å². The van der Waals surface area contributed by atoms with E-state index >= 15 is 0 Å². The fourth-order valence-electron chi connectivity index (χ4n) is 5.33. The highest BCUT2D eigenvalue weighted by Gasteiger charge is 2.30. The average Bonchev–Trinajstić information content (AvgIpc) is 3.24. The van der Waals surface area contributed by atoms with Crippen LogP contribution in [-0.4, -0.2) is 0 Å². The van der Waals surface area contributed by atoms with E-state index in [-0.39, 0.29) is 0 Å². The number of pyridine rings is 1. The molecule has 28 heavy (non-hydrogen) atoms. The van der Waals surface area contributed by atoms with Crippen molar-refractivity contribution in [3.8, 4) is 22.8 Å². The highest BCUT2D eigenvalue weighted by atomic mass is 16.5. The van der Waals surface area contributed by atoms with Gasteiger partial charge in [-0.05, 0) is 54.3 Å². The molecule has 0 spiro atoms. The van der Waals surface area contributed by atoms with Crippen LogP contribution in [0.1, 0.15) is 42.7 Å². The summed E-state index contributed by atoms with van der Waals surface area (Å²) in [5.41, 5.74) is 6.53. The van der Waals surface area contributed by atoms with E-state index in [9.17, 15) is 0 Å². The Balaban J connectivity index is 1.64. The summed E-state index contributed by atoms with van der Waals surface area (Å²) in [7, 11) is 2.17. The minimum atomic E-state index is 0.725. The number of ether oxygens (including phenoxy) is 1. The zero-order chi connectivity index (χ0) is 18.8. The van der Waals surface area contributed by atoms with Gasteiger partial charge in [0.1, 0.15) is 12.8 Å². The van der Waals surface area contributed by atoms with Gasteiger partial charge >= 0.3 is 0 Å². The van der Waals surface area contributed by atoms with Gasteiger partial charge in [0.15, 0.2) is 5.75 Å². The zero-order valence-electron chi connectivity index (χ0n) is 16.5. The van der Waals surface area contributed by atoms with Crippen molar-refractivity contribution in [3.05, 3.63) is 65.7 Å². The Morgan fingerprint density at radius 3 is 2.61 bits per heavy atom. The van der Waals surface area contributed by atoms with E-state index in [0.717, 1.165) is 17.4 Å². The first-order valence-electron chi connectivity index (χ1n) is 10.4. The third-order valence-corrected chi connectivity index (χ3v) is 6.77. The third kappa shape index (κ3) is 2.18. The van der Waals surface area contributed by atoms with E-state index in [1.807, 2.05) is 0 Å². The van der Waals surface area contributed by atoms with Gasteiger partial charge in [0.05, 0.1) is 10.9 Å². The molecule has 2 nitrogen and oxygen atoms in total. The first-order valence-corrected chi connectivity index (χ1v) is 10.4. The molecule has 0 unspecified atom stereocenters. The summed E-state index contributed by atoms with van der Waals surface area (Å²) in [6, 6.07) is 20.1. The molecular formula is C26H24NO+. The summed E-state index contributed by atoms with van der Waals surface area (Å²) in [6.45, 7) is 2.20. The Kier molecular flexibility index (Phi) is 3.35. The smallest absolute Gasteiger partial charge is 0.256 e. The fraction of sp³-hybridized carbons (Fsp3) is 0.269. The second kappa shape index (κ2) is 5.81. The standard InChI is InChI=1S/C26H24NO/c1-16-10-11-18-8-5-9-22-25(18)24(16)26-23(28-22)15-20-14-19(17-6-3-4-7-17)12-13-21(20)27(26)2/h5,8-15,17H,3-4,6-7H2,1-2H3/q+1. The van der Waals surface area contributed by atoms with Crippen molar-refractivity contribution in [2.45, 2.75) is 38.5 Å². The molecule has 4 aromatic rings. The summed E-state index contributed by atoms with van der Waals surface area (Å²) in [4.78, 5) is 0. The third-order valence-electron chi connectivity index (χ3n) is 6.77. The molecule has 6 rings (SSSR count). The molecule has 3 aromatic carbocycles. The lowest BCUT2D eigenvalue weighted by atomic mass is 9.92. The number of hydrogen-bond acceptors (Lipinski definition) is 1. The van der Waals surface area contributed by atoms with Crippen LogP contribution >= 0.6 is 0 Å². The number of nitrogens with zero attached hydrogens (tertiary/aromatic N) is 1. The molecule has 138 valence electrons. The number of benzene rings is 3. The van der Waals surface area contributed by atoms with Crippen molar-refractivity contribution in [2.75, 3.05) is 0 Å². The van der Waals surface area contributed by atoms with E-state index in [0.29, 0.717) is 0 Å². The second-order valence-corrected chi connectivity index (χ2v) is 8.43. The van der Waals surface area contributed by atoms with Gasteiger partial charge in [0.25, 0.3) is 5.69 Å². The lowest BCUT2D eigenvalue weighted by Crippen LogP contribution is -2.33. The van der Waals surface area contributed by atoms with Crippen LogP contribution < -0.4 is 9.30 Å². The normalized spacial score (nSPS) is 15.8. The van der Waals surface area contributed by atoms with Gasteiger partial charge in [-0.2, -0.15) is 4.57 Å². The van der Waals surface area contributed by atoms with E-state index in [4.69, 9.17) is 4.74 Å². The van der Waals surface area contributed by atoms with Crippen molar-refractivity contribution in [3.63, 3.8) is 0 Å². The van der Waals surface area contributed by atoms with Crippen LogP contribution in [0.5, 0.6) is 11.5 Å². The molecule has 0 saturated heterocycles. The maximum Gasteiger partial charge on any atom is 0.256 e. The molecule has 0 amide bonds. The fourth-order valence-corrected chi connectivity index (χ4v) is 5.33. The quantitative estimate of drug-likeness (QED) is 0.306. The molecule has 0 radical (unpaired) electrons. The summed E-state index contributed by atoms with van der Waals surface area (Å²) in [5, 5.41) is 3.74. The minimum Gasteiger partial charge on any atom is -0.450 e. The summed E-state index contributed by atoms with van der Waals surface area (Å²) in [5.74, 6) is 2.66. The van der Waals surface area contributed by atoms with Gasteiger partial charge < -0.3 is 4.74 Å². The molecule has 2 aliphatic rings. The second-order valence-electron chi connectivity index (χ2n) is 8.43. The predicted molar refractivity (Wildman–Crippen MR) is 114 cm³/mol. The summed E-state index contributed by atoms with van der Waals surface area (Å²) in [6.07, 6.45) is 5.38. The SMILES string of the molecule is Cc1ccc2cccc3c2c1-c1c(cc2cc(C4CCCC4)ccc2[n+]1C)O3. The van der Waals surface area contributed by atoms with Crippen LogP contribution in [0.15, 0.2) is 54.6 Å². The lowest BCUT2D eigenvalue weighted by molar-refractivity contribution is -0.633. The first-order chi connectivity index (χ1) is 13.7. The maximum absolute atomic E-state index is 6.44. The number of hydrogen-bond donors (Lipinski definition) is 0. The average molecular weight is 366 g/mol. The minimum absolute atomic E-state index is 0.725. The molecule has 0 bridgehead atoms. The molecule has 1 fully saturated rings. The Morgan fingerprint density at radius 2 is 1.75 bits per heavy atom. The molecule has 0 atom stereocenters. The molecule has 1 saturated carbocycles. The Bertz CT molecular complexity index is 1260. The monoisotopic (exact) mass is 366 g/mol. The highest BCUT2D eigenvalue weighted by Crippen LogP contribution is 2.47. The van der Waals surface area contributed by atoms with Crippen molar-refractivity contribution in [1.29, 1.82) is 0 Å². The number of aryl methyl sites for hydroxylation is 2. The van der Waals surface area contributed by atoms with E-state index in [2.05, 4.69) is 73.1 Å². The van der Waals surface area contributed by atoms with Gasteiger partial charge in [-0.3, -0.25) is 0 Å². The van der Waals surface area contributed by atoms with E-state index < -0.39 is 0 Å². The van der Waals surface area contributed by atoms with Crippen LogP contribution in [0, 0.1) is 6.92 Å². The lowest BCUT2D eigenvalue weighted by Gasteiger charge is -2.21. The Hall–Kier alpha value is -2.87. The van der Waals surface area contributed by atoms with Crippen LogP contribution in [-0.2, 0) is 7.05 Å². The maximum atomic E-state index is 6.44. The largest absolute Gasteiger partial charge is 0.450 e. The molecule has 1 aliphatic heterocycles. The van der Waals surface area contributed by atoms with Gasteiger partial charge in [-0.25, -0.2) is 0 Å². The number of rotatable bonds is 1. The topological polar surface area (TPSA) is 13.1 Å². The van der Waals surface area contributed by atoms with Crippen molar-refractivity contribution < 1.29 is 9.30 Å². The van der Waals surface area contributed by atoms with E-state index in [1.54, 1.807) is 0 Å². The molecule has 1 aliphatic carbocycles. The Morgan fingerprint density at radius 1 is 0.893 bits per heavy atom. The van der Waals surface area contributed by atoms with Crippen LogP contribution in [0.4, 0.5) is 0 Å².